The highest BCUT2D eigenvalue weighted by molar-refractivity contribution is 7.99. The SMILES string of the molecule is CCn1c(SCCC(N)=NO)n[nH]c1=O. The molecule has 0 bridgehead atoms. The predicted molar refractivity (Wildman–Crippen MR) is 57.3 cm³/mol. The summed E-state index contributed by atoms with van der Waals surface area (Å²) in [5.74, 6) is 0.781. The van der Waals surface area contributed by atoms with Gasteiger partial charge < -0.3 is 10.9 Å². The first kappa shape index (κ1) is 11.6. The van der Waals surface area contributed by atoms with E-state index in [1.54, 1.807) is 0 Å². The van der Waals surface area contributed by atoms with Crippen LogP contribution in [0.5, 0.6) is 0 Å². The Morgan fingerprint density at radius 2 is 2.53 bits per heavy atom. The molecule has 0 fully saturated rings. The van der Waals surface area contributed by atoms with E-state index in [0.29, 0.717) is 23.9 Å². The van der Waals surface area contributed by atoms with Gasteiger partial charge in [-0.2, -0.15) is 0 Å². The highest BCUT2D eigenvalue weighted by atomic mass is 32.2. The molecule has 4 N–H and O–H groups in total. The Bertz CT molecular complexity index is 396. The van der Waals surface area contributed by atoms with Gasteiger partial charge in [-0.15, -0.1) is 5.10 Å². The Kier molecular flexibility index (Phi) is 4.22. The van der Waals surface area contributed by atoms with Crippen LogP contribution < -0.4 is 11.4 Å². The first-order chi connectivity index (χ1) is 7.19. The third-order valence-corrected chi connectivity index (χ3v) is 2.74. The van der Waals surface area contributed by atoms with Gasteiger partial charge in [0.2, 0.25) is 0 Å². The number of nitrogens with one attached hydrogen (secondary N) is 1. The van der Waals surface area contributed by atoms with E-state index in [9.17, 15) is 4.79 Å². The highest BCUT2D eigenvalue weighted by Crippen LogP contribution is 2.13. The predicted octanol–water partition coefficient (Wildman–Crippen LogP) is -0.180. The molecule has 84 valence electrons. The number of aromatic amines is 1. The van der Waals surface area contributed by atoms with Gasteiger partial charge in [0.15, 0.2) is 5.16 Å². The normalized spacial score (nSPS) is 11.9. The molecular weight excluding hydrogens is 218 g/mol. The van der Waals surface area contributed by atoms with Gasteiger partial charge in [-0.25, -0.2) is 9.89 Å². The zero-order valence-corrected chi connectivity index (χ0v) is 9.12. The van der Waals surface area contributed by atoms with Gasteiger partial charge >= 0.3 is 5.69 Å². The van der Waals surface area contributed by atoms with Gasteiger partial charge in [-0.3, -0.25) is 4.57 Å². The summed E-state index contributed by atoms with van der Waals surface area (Å²) in [6.07, 6.45) is 0.450. The molecule has 1 heterocycles. The van der Waals surface area contributed by atoms with Crippen molar-refractivity contribution in [3.05, 3.63) is 10.5 Å². The van der Waals surface area contributed by atoms with E-state index in [1.807, 2.05) is 6.92 Å². The molecule has 0 spiro atoms. The van der Waals surface area contributed by atoms with E-state index in [1.165, 1.54) is 16.3 Å². The van der Waals surface area contributed by atoms with Crippen molar-refractivity contribution in [3.63, 3.8) is 0 Å². The van der Waals surface area contributed by atoms with E-state index in [4.69, 9.17) is 10.9 Å². The van der Waals surface area contributed by atoms with Crippen molar-refractivity contribution in [2.45, 2.75) is 25.0 Å². The van der Waals surface area contributed by atoms with Crippen LogP contribution in [0.1, 0.15) is 13.3 Å². The fraction of sp³-hybridized carbons (Fsp3) is 0.571. The number of H-pyrrole nitrogens is 1. The van der Waals surface area contributed by atoms with Crippen molar-refractivity contribution in [1.82, 2.24) is 14.8 Å². The Morgan fingerprint density at radius 1 is 1.80 bits per heavy atom. The van der Waals surface area contributed by atoms with Crippen LogP contribution in [0.25, 0.3) is 0 Å². The van der Waals surface area contributed by atoms with Crippen LogP contribution in [0.15, 0.2) is 15.1 Å². The van der Waals surface area contributed by atoms with Crippen LogP contribution in [0.4, 0.5) is 0 Å². The quantitative estimate of drug-likeness (QED) is 0.214. The molecule has 0 saturated carbocycles. The Morgan fingerprint density at radius 3 is 3.13 bits per heavy atom. The first-order valence-electron chi connectivity index (χ1n) is 4.43. The molecule has 1 aromatic rings. The largest absolute Gasteiger partial charge is 0.409 e. The number of hydrogen-bond acceptors (Lipinski definition) is 5. The Balaban J connectivity index is 2.54. The summed E-state index contributed by atoms with van der Waals surface area (Å²) >= 11 is 1.38. The number of aromatic nitrogens is 3. The van der Waals surface area contributed by atoms with Crippen LogP contribution in [0.2, 0.25) is 0 Å². The zero-order valence-electron chi connectivity index (χ0n) is 8.30. The van der Waals surface area contributed by atoms with Gasteiger partial charge in [0, 0.05) is 18.7 Å². The van der Waals surface area contributed by atoms with Crippen molar-refractivity contribution >= 4 is 17.6 Å². The average molecular weight is 231 g/mol. The number of thioether (sulfide) groups is 1. The minimum absolute atomic E-state index is 0.170. The summed E-state index contributed by atoms with van der Waals surface area (Å²) in [4.78, 5) is 11.2. The maximum atomic E-state index is 11.2. The van der Waals surface area contributed by atoms with Gasteiger partial charge in [0.05, 0.1) is 0 Å². The summed E-state index contributed by atoms with van der Waals surface area (Å²) in [6, 6.07) is 0. The standard InChI is InChI=1S/C7H13N5O2S/c1-2-12-6(13)9-10-7(12)15-4-3-5(8)11-14/h14H,2-4H2,1H3,(H2,8,11)(H,9,13). The van der Waals surface area contributed by atoms with Crippen LogP contribution in [-0.2, 0) is 6.54 Å². The van der Waals surface area contributed by atoms with Gasteiger partial charge in [0.1, 0.15) is 5.84 Å². The summed E-state index contributed by atoms with van der Waals surface area (Å²) in [5.41, 5.74) is 5.08. The monoisotopic (exact) mass is 231 g/mol. The lowest BCUT2D eigenvalue weighted by Gasteiger charge is -2.00. The lowest BCUT2D eigenvalue weighted by molar-refractivity contribution is 0.317. The molecular formula is C7H13N5O2S. The second-order valence-corrected chi connectivity index (χ2v) is 3.81. The molecule has 8 heteroatoms. The van der Waals surface area contributed by atoms with Crippen molar-refractivity contribution < 1.29 is 5.21 Å². The van der Waals surface area contributed by atoms with Crippen LogP contribution >= 0.6 is 11.8 Å². The molecule has 0 atom stereocenters. The molecule has 1 aromatic heterocycles. The molecule has 7 nitrogen and oxygen atoms in total. The minimum atomic E-state index is -0.219. The average Bonchev–Trinajstić information content (AvgIpc) is 2.59. The molecule has 1 rings (SSSR count). The molecule has 0 aromatic carbocycles. The maximum absolute atomic E-state index is 11.2. The number of nitrogens with two attached hydrogens (primary N) is 1. The topological polar surface area (TPSA) is 109 Å². The summed E-state index contributed by atoms with van der Waals surface area (Å²) in [6.45, 7) is 2.44. The fourth-order valence-corrected chi connectivity index (χ4v) is 1.96. The van der Waals surface area contributed by atoms with E-state index < -0.39 is 0 Å². The first-order valence-corrected chi connectivity index (χ1v) is 5.42. The van der Waals surface area contributed by atoms with Crippen LogP contribution in [-0.4, -0.2) is 31.6 Å². The molecule has 0 aliphatic carbocycles. The number of rotatable bonds is 5. The van der Waals surface area contributed by atoms with E-state index >= 15 is 0 Å². The van der Waals surface area contributed by atoms with E-state index in [-0.39, 0.29) is 11.5 Å². The van der Waals surface area contributed by atoms with Crippen LogP contribution in [0.3, 0.4) is 0 Å². The number of hydrogen-bond donors (Lipinski definition) is 3. The summed E-state index contributed by atoms with van der Waals surface area (Å²) < 4.78 is 1.52. The van der Waals surface area contributed by atoms with Crippen molar-refractivity contribution in [1.29, 1.82) is 0 Å². The fourth-order valence-electron chi connectivity index (χ4n) is 0.989. The number of amidine groups is 1. The zero-order chi connectivity index (χ0) is 11.3. The van der Waals surface area contributed by atoms with Crippen molar-refractivity contribution in [3.8, 4) is 0 Å². The molecule has 0 aliphatic heterocycles. The number of oxime groups is 1. The lowest BCUT2D eigenvalue weighted by atomic mass is 10.5. The Labute approximate surface area is 90.4 Å². The van der Waals surface area contributed by atoms with E-state index in [0.717, 1.165) is 0 Å². The number of nitrogens with zero attached hydrogens (tertiary/aromatic N) is 3. The lowest BCUT2D eigenvalue weighted by Crippen LogP contribution is -2.16. The second kappa shape index (κ2) is 5.44. The van der Waals surface area contributed by atoms with Crippen molar-refractivity contribution in [2.24, 2.45) is 10.9 Å². The third kappa shape index (κ3) is 3.01. The van der Waals surface area contributed by atoms with Gasteiger partial charge in [0.25, 0.3) is 0 Å². The highest BCUT2D eigenvalue weighted by Gasteiger charge is 2.06. The van der Waals surface area contributed by atoms with E-state index in [2.05, 4.69) is 15.4 Å². The smallest absolute Gasteiger partial charge is 0.343 e. The summed E-state index contributed by atoms with van der Waals surface area (Å²) in [7, 11) is 0. The molecule has 0 aliphatic rings. The van der Waals surface area contributed by atoms with Gasteiger partial charge in [-0.1, -0.05) is 16.9 Å². The summed E-state index contributed by atoms with van der Waals surface area (Å²) in [5, 5.41) is 18.0. The molecule has 0 saturated heterocycles. The second-order valence-electron chi connectivity index (χ2n) is 2.75. The maximum Gasteiger partial charge on any atom is 0.343 e. The molecule has 15 heavy (non-hydrogen) atoms. The van der Waals surface area contributed by atoms with Crippen LogP contribution in [0, 0.1) is 0 Å². The third-order valence-electron chi connectivity index (χ3n) is 1.76. The molecule has 0 radical (unpaired) electrons. The van der Waals surface area contributed by atoms with Gasteiger partial charge in [-0.05, 0) is 6.92 Å². The molecule has 0 amide bonds. The molecule has 0 unspecified atom stereocenters. The Hall–Kier alpha value is -1.44. The minimum Gasteiger partial charge on any atom is -0.409 e. The van der Waals surface area contributed by atoms with Crippen molar-refractivity contribution in [2.75, 3.05) is 5.75 Å².